The van der Waals surface area contributed by atoms with Crippen LogP contribution in [0.4, 0.5) is 0 Å². The van der Waals surface area contributed by atoms with Gasteiger partial charge in [-0.25, -0.2) is 0 Å². The summed E-state index contributed by atoms with van der Waals surface area (Å²) in [4.78, 5) is 0. The quantitative estimate of drug-likeness (QED) is 0.666. The Labute approximate surface area is 105 Å². The summed E-state index contributed by atoms with van der Waals surface area (Å²) in [5.41, 5.74) is 1.49. The molecule has 93 valence electrons. The molecule has 1 aromatic rings. The molecule has 0 aliphatic heterocycles. The van der Waals surface area contributed by atoms with Crippen LogP contribution in [0.1, 0.15) is 56.9 Å². The molecule has 17 heavy (non-hydrogen) atoms. The van der Waals surface area contributed by atoms with Crippen LogP contribution < -0.4 is 4.74 Å². The number of rotatable bonds is 5. The maximum Gasteiger partial charge on any atom is 0.119 e. The third kappa shape index (κ3) is 3.76. The van der Waals surface area contributed by atoms with Crippen molar-refractivity contribution in [2.75, 3.05) is 6.61 Å². The zero-order valence-corrected chi connectivity index (χ0v) is 10.8. The largest absolute Gasteiger partial charge is 0.494 e. The molecule has 0 spiro atoms. The van der Waals surface area contributed by atoms with Gasteiger partial charge in [0.2, 0.25) is 0 Å². The first-order chi connectivity index (χ1) is 8.40. The third-order valence-corrected chi connectivity index (χ3v) is 3.56. The monoisotopic (exact) mass is 231 g/mol. The van der Waals surface area contributed by atoms with Crippen molar-refractivity contribution in [3.05, 3.63) is 36.2 Å². The van der Waals surface area contributed by atoms with E-state index >= 15 is 0 Å². The molecular weight excluding hydrogens is 208 g/mol. The topological polar surface area (TPSA) is 9.23 Å². The molecule has 1 fully saturated rings. The van der Waals surface area contributed by atoms with Crippen LogP contribution in [0, 0.1) is 6.42 Å². The number of hydrogen-bond donors (Lipinski definition) is 0. The van der Waals surface area contributed by atoms with Crippen LogP contribution >= 0.6 is 0 Å². The molecule has 1 aliphatic carbocycles. The van der Waals surface area contributed by atoms with E-state index in [0.29, 0.717) is 0 Å². The van der Waals surface area contributed by atoms with E-state index in [1.165, 1.54) is 37.7 Å². The lowest BCUT2D eigenvalue weighted by Gasteiger charge is -2.21. The fourth-order valence-corrected chi connectivity index (χ4v) is 2.43. The Balaban J connectivity index is 1.88. The fourth-order valence-electron chi connectivity index (χ4n) is 2.43. The van der Waals surface area contributed by atoms with Gasteiger partial charge in [-0.15, -0.1) is 0 Å². The van der Waals surface area contributed by atoms with Crippen molar-refractivity contribution in [3.8, 4) is 5.75 Å². The fraction of sp³-hybridized carbons (Fsp3) is 0.562. The van der Waals surface area contributed by atoms with E-state index in [1.807, 2.05) is 0 Å². The van der Waals surface area contributed by atoms with Crippen LogP contribution in [0.2, 0.25) is 0 Å². The second-order valence-corrected chi connectivity index (χ2v) is 4.91. The van der Waals surface area contributed by atoms with E-state index in [9.17, 15) is 0 Å². The van der Waals surface area contributed by atoms with Gasteiger partial charge in [-0.1, -0.05) is 25.5 Å². The lowest BCUT2D eigenvalue weighted by molar-refractivity contribution is 0.309. The van der Waals surface area contributed by atoms with Gasteiger partial charge in [0, 0.05) is 0 Å². The van der Waals surface area contributed by atoms with Gasteiger partial charge in [0.25, 0.3) is 0 Å². The van der Waals surface area contributed by atoms with Crippen molar-refractivity contribution in [2.45, 2.75) is 51.4 Å². The third-order valence-electron chi connectivity index (χ3n) is 3.56. The average molecular weight is 231 g/mol. The van der Waals surface area contributed by atoms with E-state index in [0.717, 1.165) is 24.7 Å². The van der Waals surface area contributed by atoms with Crippen molar-refractivity contribution in [2.24, 2.45) is 0 Å². The molecule has 0 unspecified atom stereocenters. The summed E-state index contributed by atoms with van der Waals surface area (Å²) in [5.74, 6) is 1.79. The zero-order valence-electron chi connectivity index (χ0n) is 10.8. The molecule has 1 heteroatoms. The number of hydrogen-bond acceptors (Lipinski definition) is 1. The summed E-state index contributed by atoms with van der Waals surface area (Å²) in [6.07, 6.45) is 9.93. The van der Waals surface area contributed by atoms with Crippen molar-refractivity contribution in [1.29, 1.82) is 0 Å². The predicted molar refractivity (Wildman–Crippen MR) is 72.4 cm³/mol. The van der Waals surface area contributed by atoms with Gasteiger partial charge >= 0.3 is 0 Å². The molecule has 0 bridgehead atoms. The van der Waals surface area contributed by atoms with Gasteiger partial charge in [0.05, 0.1) is 6.61 Å². The molecule has 0 saturated heterocycles. The maximum absolute atomic E-state index is 5.68. The Morgan fingerprint density at radius 1 is 1.12 bits per heavy atom. The summed E-state index contributed by atoms with van der Waals surface area (Å²) in [7, 11) is 0. The van der Waals surface area contributed by atoms with Gasteiger partial charge in [0.15, 0.2) is 0 Å². The highest BCUT2D eigenvalue weighted by atomic mass is 16.5. The molecule has 0 amide bonds. The highest BCUT2D eigenvalue weighted by Crippen LogP contribution is 2.32. The summed E-state index contributed by atoms with van der Waals surface area (Å²) >= 11 is 0. The summed E-state index contributed by atoms with van der Waals surface area (Å²) in [6.45, 7) is 3.03. The van der Waals surface area contributed by atoms with Gasteiger partial charge in [-0.3, -0.25) is 0 Å². The maximum atomic E-state index is 5.68. The Bertz CT molecular complexity index is 309. The van der Waals surface area contributed by atoms with Gasteiger partial charge in [0.1, 0.15) is 5.75 Å². The number of unbranched alkanes of at least 4 members (excludes halogenated alkanes) is 1. The molecule has 1 radical (unpaired) electrons. The normalized spacial score (nSPS) is 17.0. The van der Waals surface area contributed by atoms with Crippen LogP contribution in [-0.4, -0.2) is 6.61 Å². The zero-order chi connectivity index (χ0) is 11.9. The first kappa shape index (κ1) is 12.5. The molecule has 0 aromatic heterocycles. The Kier molecular flexibility index (Phi) is 4.90. The van der Waals surface area contributed by atoms with Crippen molar-refractivity contribution < 1.29 is 4.74 Å². The van der Waals surface area contributed by atoms with Crippen LogP contribution in [0.3, 0.4) is 0 Å². The van der Waals surface area contributed by atoms with Gasteiger partial charge < -0.3 is 4.74 Å². The first-order valence-electron chi connectivity index (χ1n) is 6.94. The SMILES string of the molecule is CCCCOc1ccc(C2CC[CH]CC2)cc1. The number of ether oxygens (including phenoxy) is 1. The second kappa shape index (κ2) is 6.68. The molecule has 0 N–H and O–H groups in total. The molecule has 1 saturated carbocycles. The lowest BCUT2D eigenvalue weighted by Crippen LogP contribution is -2.04. The lowest BCUT2D eigenvalue weighted by atomic mass is 9.84. The molecule has 1 aromatic carbocycles. The molecule has 1 nitrogen and oxygen atoms in total. The molecule has 0 atom stereocenters. The average Bonchev–Trinajstić information content (AvgIpc) is 2.41. The van der Waals surface area contributed by atoms with Crippen LogP contribution in [-0.2, 0) is 0 Å². The van der Waals surface area contributed by atoms with Crippen molar-refractivity contribution in [1.82, 2.24) is 0 Å². The number of benzene rings is 1. The van der Waals surface area contributed by atoms with Crippen molar-refractivity contribution >= 4 is 0 Å². The Hall–Kier alpha value is -0.980. The van der Waals surface area contributed by atoms with Crippen LogP contribution in [0.25, 0.3) is 0 Å². The van der Waals surface area contributed by atoms with Crippen LogP contribution in [0.15, 0.2) is 24.3 Å². The molecule has 1 aliphatic rings. The predicted octanol–water partition coefficient (Wildman–Crippen LogP) is 4.73. The summed E-state index contributed by atoms with van der Waals surface area (Å²) in [5, 5.41) is 0. The molecule has 0 heterocycles. The molecule has 2 rings (SSSR count). The van der Waals surface area contributed by atoms with Crippen molar-refractivity contribution in [3.63, 3.8) is 0 Å². The molecular formula is C16H23O. The Morgan fingerprint density at radius 3 is 2.47 bits per heavy atom. The summed E-state index contributed by atoms with van der Waals surface area (Å²) < 4.78 is 5.68. The minimum absolute atomic E-state index is 0.768. The van der Waals surface area contributed by atoms with E-state index in [4.69, 9.17) is 4.74 Å². The second-order valence-electron chi connectivity index (χ2n) is 4.91. The minimum atomic E-state index is 0.768. The highest BCUT2D eigenvalue weighted by molar-refractivity contribution is 5.29. The smallest absolute Gasteiger partial charge is 0.119 e. The van der Waals surface area contributed by atoms with E-state index in [-0.39, 0.29) is 0 Å². The van der Waals surface area contributed by atoms with E-state index in [2.05, 4.69) is 37.6 Å². The van der Waals surface area contributed by atoms with Crippen LogP contribution in [0.5, 0.6) is 5.75 Å². The van der Waals surface area contributed by atoms with E-state index in [1.54, 1.807) is 0 Å². The highest BCUT2D eigenvalue weighted by Gasteiger charge is 2.15. The van der Waals surface area contributed by atoms with E-state index < -0.39 is 0 Å². The first-order valence-corrected chi connectivity index (χ1v) is 6.94. The summed E-state index contributed by atoms with van der Waals surface area (Å²) in [6, 6.07) is 8.75. The van der Waals surface area contributed by atoms with Gasteiger partial charge in [-0.2, -0.15) is 0 Å². The minimum Gasteiger partial charge on any atom is -0.494 e. The Morgan fingerprint density at radius 2 is 1.82 bits per heavy atom. The van der Waals surface area contributed by atoms with Gasteiger partial charge in [-0.05, 0) is 62.1 Å². The standard InChI is InChI=1S/C16H23O/c1-2-3-13-17-16-11-9-15(10-12-16)14-7-5-4-6-8-14/h4,9-12,14H,2-3,5-8,13H2,1H3.